The first-order chi connectivity index (χ1) is 6.79. The standard InChI is InChI=1S/C9H13N5/c1-3-10-4-8-5-11-9-12-7(2)13-14(9)6-8/h5-6,10H,3-4H2,1-2H3. The first-order valence-corrected chi connectivity index (χ1v) is 4.68. The Balaban J connectivity index is 2.31. The highest BCUT2D eigenvalue weighted by Crippen LogP contribution is 2.00. The van der Waals surface area contributed by atoms with E-state index in [0.717, 1.165) is 24.5 Å². The number of fused-ring (bicyclic) bond motifs is 1. The summed E-state index contributed by atoms with van der Waals surface area (Å²) in [6, 6.07) is 0. The van der Waals surface area contributed by atoms with Crippen molar-refractivity contribution >= 4 is 5.78 Å². The smallest absolute Gasteiger partial charge is 0.252 e. The topological polar surface area (TPSA) is 55.1 Å². The van der Waals surface area contributed by atoms with Crippen LogP contribution in [0.2, 0.25) is 0 Å². The number of rotatable bonds is 3. The molecule has 14 heavy (non-hydrogen) atoms. The van der Waals surface area contributed by atoms with Gasteiger partial charge in [-0.2, -0.15) is 10.1 Å². The van der Waals surface area contributed by atoms with Crippen molar-refractivity contribution < 1.29 is 0 Å². The number of hydrogen-bond donors (Lipinski definition) is 1. The molecule has 0 fully saturated rings. The third-order valence-corrected chi connectivity index (χ3v) is 1.93. The molecular weight excluding hydrogens is 178 g/mol. The molecule has 1 N–H and O–H groups in total. The summed E-state index contributed by atoms with van der Waals surface area (Å²) in [6.07, 6.45) is 3.77. The van der Waals surface area contributed by atoms with Crippen LogP contribution < -0.4 is 5.32 Å². The van der Waals surface area contributed by atoms with E-state index in [1.807, 2.05) is 19.3 Å². The fraction of sp³-hybridized carbons (Fsp3) is 0.444. The molecule has 2 heterocycles. The van der Waals surface area contributed by atoms with Crippen LogP contribution in [0.25, 0.3) is 5.78 Å². The monoisotopic (exact) mass is 191 g/mol. The van der Waals surface area contributed by atoms with Gasteiger partial charge >= 0.3 is 0 Å². The molecule has 0 saturated heterocycles. The predicted molar refractivity (Wildman–Crippen MR) is 52.9 cm³/mol. The highest BCUT2D eigenvalue weighted by Gasteiger charge is 2.00. The molecule has 0 saturated carbocycles. The summed E-state index contributed by atoms with van der Waals surface area (Å²) in [5, 5.41) is 7.43. The van der Waals surface area contributed by atoms with Gasteiger partial charge in [-0.05, 0) is 13.5 Å². The third kappa shape index (κ3) is 1.72. The van der Waals surface area contributed by atoms with Crippen molar-refractivity contribution in [1.29, 1.82) is 0 Å². The van der Waals surface area contributed by atoms with Gasteiger partial charge in [0.25, 0.3) is 5.78 Å². The van der Waals surface area contributed by atoms with Gasteiger partial charge in [-0.25, -0.2) is 9.50 Å². The molecule has 0 atom stereocenters. The molecule has 0 aliphatic heterocycles. The molecule has 0 bridgehead atoms. The van der Waals surface area contributed by atoms with Crippen LogP contribution in [-0.2, 0) is 6.54 Å². The molecule has 5 heteroatoms. The fourth-order valence-electron chi connectivity index (χ4n) is 1.29. The number of nitrogens with zero attached hydrogens (tertiary/aromatic N) is 4. The first-order valence-electron chi connectivity index (χ1n) is 4.68. The minimum Gasteiger partial charge on any atom is -0.313 e. The molecule has 0 spiro atoms. The van der Waals surface area contributed by atoms with Gasteiger partial charge in [-0.3, -0.25) is 0 Å². The van der Waals surface area contributed by atoms with Crippen molar-refractivity contribution in [2.45, 2.75) is 20.4 Å². The van der Waals surface area contributed by atoms with Gasteiger partial charge in [-0.15, -0.1) is 0 Å². The summed E-state index contributed by atoms with van der Waals surface area (Å²) in [7, 11) is 0. The zero-order valence-electron chi connectivity index (χ0n) is 8.36. The molecule has 0 amide bonds. The Morgan fingerprint density at radius 3 is 3.14 bits per heavy atom. The van der Waals surface area contributed by atoms with Gasteiger partial charge in [0, 0.05) is 24.5 Å². The van der Waals surface area contributed by atoms with E-state index in [4.69, 9.17) is 0 Å². The zero-order chi connectivity index (χ0) is 9.97. The quantitative estimate of drug-likeness (QED) is 0.769. The van der Waals surface area contributed by atoms with Crippen molar-refractivity contribution in [3.8, 4) is 0 Å². The maximum Gasteiger partial charge on any atom is 0.252 e. The van der Waals surface area contributed by atoms with Crippen LogP contribution in [0.1, 0.15) is 18.3 Å². The first kappa shape index (κ1) is 9.08. The number of aryl methyl sites for hydroxylation is 1. The Kier molecular flexibility index (Phi) is 2.41. The average molecular weight is 191 g/mol. The SMILES string of the molecule is CCNCc1cnc2nc(C)nn2c1. The van der Waals surface area contributed by atoms with E-state index >= 15 is 0 Å². The highest BCUT2D eigenvalue weighted by molar-refractivity contribution is 5.27. The lowest BCUT2D eigenvalue weighted by atomic mass is 10.3. The predicted octanol–water partition coefficient (Wildman–Crippen LogP) is 0.542. The molecule has 5 nitrogen and oxygen atoms in total. The van der Waals surface area contributed by atoms with E-state index < -0.39 is 0 Å². The largest absolute Gasteiger partial charge is 0.313 e. The third-order valence-electron chi connectivity index (χ3n) is 1.93. The molecule has 0 aliphatic carbocycles. The number of nitrogens with one attached hydrogen (secondary N) is 1. The van der Waals surface area contributed by atoms with Crippen molar-refractivity contribution in [2.75, 3.05) is 6.54 Å². The minimum atomic E-state index is 0.655. The van der Waals surface area contributed by atoms with Gasteiger partial charge in [0.15, 0.2) is 0 Å². The molecule has 0 radical (unpaired) electrons. The summed E-state index contributed by atoms with van der Waals surface area (Å²) in [5.74, 6) is 1.40. The van der Waals surface area contributed by atoms with Crippen molar-refractivity contribution in [3.05, 3.63) is 23.8 Å². The molecule has 2 aromatic rings. The molecule has 2 aromatic heterocycles. The Morgan fingerprint density at radius 2 is 2.36 bits per heavy atom. The second-order valence-corrected chi connectivity index (χ2v) is 3.15. The summed E-state index contributed by atoms with van der Waals surface area (Å²) in [4.78, 5) is 8.36. The minimum absolute atomic E-state index is 0.655. The zero-order valence-corrected chi connectivity index (χ0v) is 8.36. The van der Waals surface area contributed by atoms with E-state index in [1.54, 1.807) is 4.52 Å². The molecular formula is C9H13N5. The summed E-state index contributed by atoms with van der Waals surface area (Å²) >= 11 is 0. The van der Waals surface area contributed by atoms with Crippen molar-refractivity contribution in [1.82, 2.24) is 24.9 Å². The van der Waals surface area contributed by atoms with Crippen molar-refractivity contribution in [2.24, 2.45) is 0 Å². The van der Waals surface area contributed by atoms with Crippen LogP contribution in [0.15, 0.2) is 12.4 Å². The average Bonchev–Trinajstić information content (AvgIpc) is 2.54. The summed E-state index contributed by atoms with van der Waals surface area (Å²) in [6.45, 7) is 5.71. The highest BCUT2D eigenvalue weighted by atomic mass is 15.3. The van der Waals surface area contributed by atoms with Gasteiger partial charge in [0.05, 0.1) is 0 Å². The van der Waals surface area contributed by atoms with Gasteiger partial charge in [0.2, 0.25) is 0 Å². The summed E-state index contributed by atoms with van der Waals surface area (Å²) in [5.41, 5.74) is 1.12. The lowest BCUT2D eigenvalue weighted by Gasteiger charge is -2.00. The number of hydrogen-bond acceptors (Lipinski definition) is 4. The maximum absolute atomic E-state index is 4.20. The summed E-state index contributed by atoms with van der Waals surface area (Å²) < 4.78 is 1.71. The van der Waals surface area contributed by atoms with Gasteiger partial charge in [0.1, 0.15) is 5.82 Å². The van der Waals surface area contributed by atoms with Crippen LogP contribution >= 0.6 is 0 Å². The molecule has 74 valence electrons. The van der Waals surface area contributed by atoms with E-state index in [9.17, 15) is 0 Å². The van der Waals surface area contributed by atoms with E-state index in [2.05, 4.69) is 27.3 Å². The normalized spacial score (nSPS) is 11.0. The lowest BCUT2D eigenvalue weighted by Crippen LogP contribution is -2.12. The molecule has 0 unspecified atom stereocenters. The molecule has 0 aliphatic rings. The molecule has 2 rings (SSSR count). The van der Waals surface area contributed by atoms with Crippen LogP contribution in [-0.4, -0.2) is 26.1 Å². The second kappa shape index (κ2) is 3.71. The van der Waals surface area contributed by atoms with Gasteiger partial charge in [-0.1, -0.05) is 6.92 Å². The van der Waals surface area contributed by atoms with E-state index in [0.29, 0.717) is 5.78 Å². The second-order valence-electron chi connectivity index (χ2n) is 3.15. The Labute approximate surface area is 82.2 Å². The van der Waals surface area contributed by atoms with Crippen LogP contribution in [0.3, 0.4) is 0 Å². The van der Waals surface area contributed by atoms with E-state index in [-0.39, 0.29) is 0 Å². The van der Waals surface area contributed by atoms with Crippen LogP contribution in [0.5, 0.6) is 0 Å². The Bertz CT molecular complexity index is 434. The maximum atomic E-state index is 4.20. The van der Waals surface area contributed by atoms with Crippen LogP contribution in [0, 0.1) is 6.92 Å². The fourth-order valence-corrected chi connectivity index (χ4v) is 1.29. The lowest BCUT2D eigenvalue weighted by molar-refractivity contribution is 0.716. The molecule has 0 aromatic carbocycles. The number of aromatic nitrogens is 4. The Morgan fingerprint density at radius 1 is 1.50 bits per heavy atom. The van der Waals surface area contributed by atoms with Crippen molar-refractivity contribution in [3.63, 3.8) is 0 Å². The van der Waals surface area contributed by atoms with Gasteiger partial charge < -0.3 is 5.32 Å². The van der Waals surface area contributed by atoms with Crippen LogP contribution in [0.4, 0.5) is 0 Å². The van der Waals surface area contributed by atoms with E-state index in [1.165, 1.54) is 0 Å². The Hall–Kier alpha value is -1.49.